The van der Waals surface area contributed by atoms with Gasteiger partial charge in [0.2, 0.25) is 0 Å². The fourth-order valence-corrected chi connectivity index (χ4v) is 1.61. The Labute approximate surface area is 86.7 Å². The number of halogens is 1. The minimum absolute atomic E-state index is 0.0722. The van der Waals surface area contributed by atoms with Gasteiger partial charge in [0, 0.05) is 12.6 Å². The van der Waals surface area contributed by atoms with E-state index in [2.05, 4.69) is 10.6 Å². The molecular formula is C10H12FN3O. The molecule has 0 saturated heterocycles. The predicted octanol–water partition coefficient (Wildman–Crippen LogP) is 0.952. The summed E-state index contributed by atoms with van der Waals surface area (Å²) >= 11 is 0. The van der Waals surface area contributed by atoms with Gasteiger partial charge in [-0.1, -0.05) is 0 Å². The second-order valence-electron chi connectivity index (χ2n) is 3.67. The van der Waals surface area contributed by atoms with E-state index in [1.165, 1.54) is 12.1 Å². The minimum Gasteiger partial charge on any atom is -0.397 e. The molecule has 0 aliphatic carbocycles. The zero-order valence-corrected chi connectivity index (χ0v) is 8.30. The molecule has 1 aromatic carbocycles. The summed E-state index contributed by atoms with van der Waals surface area (Å²) in [5.74, 6) is -0.800. The largest absolute Gasteiger partial charge is 0.397 e. The molecule has 0 spiro atoms. The zero-order valence-electron chi connectivity index (χ0n) is 8.30. The number of nitrogens with two attached hydrogens (primary N) is 1. The number of hydrogen-bond donors (Lipinski definition) is 3. The molecular weight excluding hydrogens is 197 g/mol. The third-order valence-corrected chi connectivity index (χ3v) is 2.34. The Balaban J connectivity index is 2.57. The average Bonchev–Trinajstić information content (AvgIpc) is 2.30. The third kappa shape index (κ3) is 1.72. The Morgan fingerprint density at radius 2 is 2.27 bits per heavy atom. The third-order valence-electron chi connectivity index (χ3n) is 2.34. The van der Waals surface area contributed by atoms with Crippen LogP contribution in [0.25, 0.3) is 0 Å². The van der Waals surface area contributed by atoms with Crippen LogP contribution in [0.3, 0.4) is 0 Å². The van der Waals surface area contributed by atoms with Gasteiger partial charge in [0.25, 0.3) is 5.91 Å². The molecule has 1 aromatic rings. The van der Waals surface area contributed by atoms with Crippen LogP contribution in [0.4, 0.5) is 15.8 Å². The summed E-state index contributed by atoms with van der Waals surface area (Å²) in [5, 5.41) is 5.75. The molecule has 0 unspecified atom stereocenters. The van der Waals surface area contributed by atoms with Crippen molar-refractivity contribution in [1.82, 2.24) is 5.32 Å². The summed E-state index contributed by atoms with van der Waals surface area (Å²) in [7, 11) is 0. The van der Waals surface area contributed by atoms with Crippen LogP contribution in [0.1, 0.15) is 17.3 Å². The highest BCUT2D eigenvalue weighted by Gasteiger charge is 2.21. The van der Waals surface area contributed by atoms with Gasteiger partial charge >= 0.3 is 0 Å². The molecule has 4 nitrogen and oxygen atoms in total. The quantitative estimate of drug-likeness (QED) is 0.557. The Kier molecular flexibility index (Phi) is 2.22. The van der Waals surface area contributed by atoms with Crippen molar-refractivity contribution in [3.8, 4) is 0 Å². The highest BCUT2D eigenvalue weighted by Crippen LogP contribution is 2.27. The molecule has 80 valence electrons. The molecule has 5 heteroatoms. The molecule has 0 fully saturated rings. The Morgan fingerprint density at radius 3 is 3.00 bits per heavy atom. The number of fused-ring (bicyclic) bond motifs is 1. The molecule has 1 atom stereocenters. The lowest BCUT2D eigenvalue weighted by Gasteiger charge is -2.13. The summed E-state index contributed by atoms with van der Waals surface area (Å²) in [6.07, 6.45) is 0. The number of carbonyl (C=O) groups is 1. The van der Waals surface area contributed by atoms with Crippen LogP contribution in [0.5, 0.6) is 0 Å². The minimum atomic E-state index is -0.502. The van der Waals surface area contributed by atoms with Gasteiger partial charge in [-0.15, -0.1) is 0 Å². The molecule has 1 aliphatic heterocycles. The van der Waals surface area contributed by atoms with Crippen molar-refractivity contribution in [3.63, 3.8) is 0 Å². The van der Waals surface area contributed by atoms with Crippen molar-refractivity contribution in [2.75, 3.05) is 17.6 Å². The van der Waals surface area contributed by atoms with E-state index in [-0.39, 0.29) is 23.2 Å². The van der Waals surface area contributed by atoms with Gasteiger partial charge in [0.05, 0.1) is 16.9 Å². The standard InChI is InChI=1S/C10H12FN3O/c1-5-4-13-10(15)7-2-6(11)3-8(12)9(7)14-5/h2-3,5,14H,4,12H2,1H3,(H,13,15)/t5-/m0/s1. The fraction of sp³-hybridized carbons (Fsp3) is 0.300. The number of amides is 1. The van der Waals surface area contributed by atoms with Crippen molar-refractivity contribution in [3.05, 3.63) is 23.5 Å². The number of carbonyl (C=O) groups excluding carboxylic acids is 1. The van der Waals surface area contributed by atoms with Crippen molar-refractivity contribution in [1.29, 1.82) is 0 Å². The SMILES string of the molecule is C[C@H]1CNC(=O)c2cc(F)cc(N)c2N1. The lowest BCUT2D eigenvalue weighted by molar-refractivity contribution is 0.0955. The summed E-state index contributed by atoms with van der Waals surface area (Å²) in [5.41, 5.74) is 6.69. The van der Waals surface area contributed by atoms with Gasteiger partial charge in [0.15, 0.2) is 0 Å². The number of anilines is 2. The first-order valence-corrected chi connectivity index (χ1v) is 4.71. The fourth-order valence-electron chi connectivity index (χ4n) is 1.61. The van der Waals surface area contributed by atoms with E-state index in [0.29, 0.717) is 12.2 Å². The highest BCUT2D eigenvalue weighted by molar-refractivity contribution is 6.02. The van der Waals surface area contributed by atoms with Crippen LogP contribution >= 0.6 is 0 Å². The Hall–Kier alpha value is -1.78. The van der Waals surface area contributed by atoms with Crippen LogP contribution in [0.2, 0.25) is 0 Å². The molecule has 0 bridgehead atoms. The van der Waals surface area contributed by atoms with Crippen LogP contribution < -0.4 is 16.4 Å². The smallest absolute Gasteiger partial charge is 0.253 e. The Morgan fingerprint density at radius 1 is 1.53 bits per heavy atom. The monoisotopic (exact) mass is 209 g/mol. The van der Waals surface area contributed by atoms with E-state index in [4.69, 9.17) is 5.73 Å². The van der Waals surface area contributed by atoms with Gasteiger partial charge in [-0.25, -0.2) is 4.39 Å². The van der Waals surface area contributed by atoms with E-state index >= 15 is 0 Å². The lowest BCUT2D eigenvalue weighted by atomic mass is 10.1. The first-order chi connectivity index (χ1) is 7.08. The molecule has 1 amide bonds. The van der Waals surface area contributed by atoms with Crippen LogP contribution in [-0.2, 0) is 0 Å². The first-order valence-electron chi connectivity index (χ1n) is 4.71. The molecule has 1 heterocycles. The molecule has 0 radical (unpaired) electrons. The summed E-state index contributed by atoms with van der Waals surface area (Å²) in [6, 6.07) is 2.46. The highest BCUT2D eigenvalue weighted by atomic mass is 19.1. The molecule has 2 rings (SSSR count). The molecule has 0 aromatic heterocycles. The van der Waals surface area contributed by atoms with Gasteiger partial charge < -0.3 is 16.4 Å². The summed E-state index contributed by atoms with van der Waals surface area (Å²) < 4.78 is 13.1. The Bertz CT molecular complexity index is 419. The molecule has 4 N–H and O–H groups in total. The molecule has 1 aliphatic rings. The number of nitrogens with one attached hydrogen (secondary N) is 2. The van der Waals surface area contributed by atoms with Gasteiger partial charge in [-0.2, -0.15) is 0 Å². The summed E-state index contributed by atoms with van der Waals surface area (Å²) in [6.45, 7) is 2.41. The molecule has 15 heavy (non-hydrogen) atoms. The second kappa shape index (κ2) is 3.42. The van der Waals surface area contributed by atoms with E-state index in [1.807, 2.05) is 6.92 Å². The maximum atomic E-state index is 13.1. The van der Waals surface area contributed by atoms with Crippen molar-refractivity contribution >= 4 is 17.3 Å². The van der Waals surface area contributed by atoms with Crippen LogP contribution in [-0.4, -0.2) is 18.5 Å². The second-order valence-corrected chi connectivity index (χ2v) is 3.67. The number of nitrogen functional groups attached to an aromatic ring is 1. The van der Waals surface area contributed by atoms with E-state index in [0.717, 1.165) is 0 Å². The topological polar surface area (TPSA) is 67.2 Å². The average molecular weight is 209 g/mol. The number of benzene rings is 1. The van der Waals surface area contributed by atoms with Crippen molar-refractivity contribution in [2.24, 2.45) is 0 Å². The lowest BCUT2D eigenvalue weighted by Crippen LogP contribution is -2.30. The number of rotatable bonds is 0. The van der Waals surface area contributed by atoms with Crippen LogP contribution in [0, 0.1) is 5.82 Å². The first kappa shape index (κ1) is 9.76. The van der Waals surface area contributed by atoms with Crippen molar-refractivity contribution in [2.45, 2.75) is 13.0 Å². The van der Waals surface area contributed by atoms with Gasteiger partial charge in [-0.3, -0.25) is 4.79 Å². The van der Waals surface area contributed by atoms with E-state index < -0.39 is 5.82 Å². The normalized spacial score (nSPS) is 19.9. The van der Waals surface area contributed by atoms with Crippen LogP contribution in [0.15, 0.2) is 12.1 Å². The predicted molar refractivity (Wildman–Crippen MR) is 56.2 cm³/mol. The maximum absolute atomic E-state index is 13.1. The molecule has 0 saturated carbocycles. The van der Waals surface area contributed by atoms with Gasteiger partial charge in [-0.05, 0) is 19.1 Å². The zero-order chi connectivity index (χ0) is 11.0. The maximum Gasteiger partial charge on any atom is 0.253 e. The summed E-state index contributed by atoms with van der Waals surface area (Å²) in [4.78, 5) is 11.6. The number of hydrogen-bond acceptors (Lipinski definition) is 3. The van der Waals surface area contributed by atoms with Crippen molar-refractivity contribution < 1.29 is 9.18 Å². The van der Waals surface area contributed by atoms with E-state index in [1.54, 1.807) is 0 Å². The van der Waals surface area contributed by atoms with Gasteiger partial charge in [0.1, 0.15) is 5.82 Å². The van der Waals surface area contributed by atoms with E-state index in [9.17, 15) is 9.18 Å².